The lowest BCUT2D eigenvalue weighted by molar-refractivity contribution is 0.0268. The minimum absolute atomic E-state index is 0. The van der Waals surface area contributed by atoms with Gasteiger partial charge in [0, 0.05) is 34.3 Å². The number of nitrogens with zero attached hydrogens (tertiary/aromatic N) is 2. The maximum Gasteiger partial charge on any atom is 0.191 e. The van der Waals surface area contributed by atoms with Crippen molar-refractivity contribution in [3.63, 3.8) is 0 Å². The zero-order valence-electron chi connectivity index (χ0n) is 15.4. The van der Waals surface area contributed by atoms with Crippen molar-refractivity contribution in [1.29, 1.82) is 0 Å². The highest BCUT2D eigenvalue weighted by Gasteiger charge is 2.16. The number of hydrogen-bond donors (Lipinski definition) is 2. The second-order valence-electron chi connectivity index (χ2n) is 6.19. The Morgan fingerprint density at radius 1 is 1.29 bits per heavy atom. The molecule has 0 fully saturated rings. The third-order valence-corrected chi connectivity index (χ3v) is 3.49. The molecule has 0 aliphatic heterocycles. The lowest BCUT2D eigenvalue weighted by atomic mass is 10.1. The van der Waals surface area contributed by atoms with Gasteiger partial charge in [-0.2, -0.15) is 0 Å². The summed E-state index contributed by atoms with van der Waals surface area (Å²) >= 11 is 0. The molecule has 0 aliphatic rings. The van der Waals surface area contributed by atoms with Crippen molar-refractivity contribution in [1.82, 2.24) is 10.6 Å². The number of benzene rings is 1. The van der Waals surface area contributed by atoms with Crippen LogP contribution >= 0.6 is 24.0 Å². The van der Waals surface area contributed by atoms with Crippen molar-refractivity contribution in [3.05, 3.63) is 29.6 Å². The second kappa shape index (κ2) is 10.7. The standard InChI is InChI=1S/C17H29FN4O.HI/c1-7-19-16(21-12-17(2,3)23-6)20-11-13-8-9-15(22(4)5)14(18)10-13;/h8-10H,7,11-12H2,1-6H3,(H2,19,20,21);1H. The van der Waals surface area contributed by atoms with E-state index < -0.39 is 0 Å². The smallest absolute Gasteiger partial charge is 0.191 e. The summed E-state index contributed by atoms with van der Waals surface area (Å²) in [5, 5.41) is 6.41. The van der Waals surface area contributed by atoms with Crippen LogP contribution in [0.15, 0.2) is 23.2 Å². The summed E-state index contributed by atoms with van der Waals surface area (Å²) in [4.78, 5) is 6.25. The molecule has 1 aromatic rings. The molecule has 0 heterocycles. The lowest BCUT2D eigenvalue weighted by Crippen LogP contribution is -2.45. The van der Waals surface area contributed by atoms with Crippen LogP contribution in [0.2, 0.25) is 0 Å². The molecule has 0 aliphatic carbocycles. The van der Waals surface area contributed by atoms with E-state index in [4.69, 9.17) is 4.74 Å². The highest BCUT2D eigenvalue weighted by molar-refractivity contribution is 14.0. The van der Waals surface area contributed by atoms with E-state index in [9.17, 15) is 4.39 Å². The fourth-order valence-electron chi connectivity index (χ4n) is 1.89. The number of methoxy groups -OCH3 is 1. The van der Waals surface area contributed by atoms with Gasteiger partial charge in [0.25, 0.3) is 0 Å². The van der Waals surface area contributed by atoms with Crippen LogP contribution in [0.5, 0.6) is 0 Å². The Morgan fingerprint density at radius 3 is 2.46 bits per heavy atom. The van der Waals surface area contributed by atoms with Crippen LogP contribution in [0.25, 0.3) is 0 Å². The lowest BCUT2D eigenvalue weighted by Gasteiger charge is -2.24. The minimum atomic E-state index is -0.282. The molecule has 5 nitrogen and oxygen atoms in total. The van der Waals surface area contributed by atoms with E-state index in [-0.39, 0.29) is 35.4 Å². The maximum absolute atomic E-state index is 14.0. The van der Waals surface area contributed by atoms with Crippen molar-refractivity contribution >= 4 is 35.6 Å². The van der Waals surface area contributed by atoms with Gasteiger partial charge in [-0.1, -0.05) is 6.07 Å². The van der Waals surface area contributed by atoms with Crippen LogP contribution in [0.4, 0.5) is 10.1 Å². The molecule has 0 spiro atoms. The second-order valence-corrected chi connectivity index (χ2v) is 6.19. The van der Waals surface area contributed by atoms with Crippen molar-refractivity contribution in [2.24, 2.45) is 4.99 Å². The molecule has 0 bridgehead atoms. The van der Waals surface area contributed by atoms with Crippen LogP contribution in [0, 0.1) is 5.82 Å². The quantitative estimate of drug-likeness (QED) is 0.380. The summed E-state index contributed by atoms with van der Waals surface area (Å²) in [6.45, 7) is 7.80. The van der Waals surface area contributed by atoms with Gasteiger partial charge in [0.05, 0.1) is 17.8 Å². The number of halogens is 2. The first kappa shape index (κ1) is 22.9. The van der Waals surface area contributed by atoms with Gasteiger partial charge in [-0.25, -0.2) is 9.38 Å². The number of nitrogens with one attached hydrogen (secondary N) is 2. The summed E-state index contributed by atoms with van der Waals surface area (Å²) in [7, 11) is 5.32. The van der Waals surface area contributed by atoms with E-state index in [2.05, 4.69) is 15.6 Å². The molecule has 0 aromatic heterocycles. The van der Waals surface area contributed by atoms with Crippen molar-refractivity contribution in [3.8, 4) is 0 Å². The predicted molar refractivity (Wildman–Crippen MR) is 110 cm³/mol. The van der Waals surface area contributed by atoms with Crippen LogP contribution in [0.3, 0.4) is 0 Å². The molecular weight excluding hydrogens is 422 g/mol. The number of anilines is 1. The summed E-state index contributed by atoms with van der Waals surface area (Å²) in [5.41, 5.74) is 1.12. The van der Waals surface area contributed by atoms with Crippen molar-refractivity contribution < 1.29 is 9.13 Å². The fourth-order valence-corrected chi connectivity index (χ4v) is 1.89. The third kappa shape index (κ3) is 7.65. The summed E-state index contributed by atoms with van der Waals surface area (Å²) in [6, 6.07) is 5.20. The Bertz CT molecular complexity index is 535. The van der Waals surface area contributed by atoms with Gasteiger partial charge in [-0.05, 0) is 38.5 Å². The molecular formula is C17H30FIN4O. The fraction of sp³-hybridized carbons (Fsp3) is 0.588. The molecule has 0 unspecified atom stereocenters. The molecule has 0 radical (unpaired) electrons. The largest absolute Gasteiger partial charge is 0.377 e. The van der Waals surface area contributed by atoms with Gasteiger partial charge < -0.3 is 20.3 Å². The van der Waals surface area contributed by atoms with Gasteiger partial charge in [0.2, 0.25) is 0 Å². The Morgan fingerprint density at radius 2 is 1.96 bits per heavy atom. The maximum atomic E-state index is 14.0. The number of aliphatic imine (C=N–C) groups is 1. The zero-order chi connectivity index (χ0) is 17.5. The first-order valence-electron chi connectivity index (χ1n) is 7.82. The number of hydrogen-bond acceptors (Lipinski definition) is 3. The average Bonchev–Trinajstić information content (AvgIpc) is 2.49. The van der Waals surface area contributed by atoms with E-state index in [1.165, 1.54) is 6.07 Å². The van der Waals surface area contributed by atoms with Gasteiger partial charge in [0.15, 0.2) is 5.96 Å². The SMILES string of the molecule is CCNC(=NCc1ccc(N(C)C)c(F)c1)NCC(C)(C)OC.I. The monoisotopic (exact) mass is 452 g/mol. The number of ether oxygens (including phenoxy) is 1. The van der Waals surface area contributed by atoms with Crippen LogP contribution in [-0.4, -0.2) is 45.9 Å². The Kier molecular flexibility index (Phi) is 10.2. The van der Waals surface area contributed by atoms with Crippen molar-refractivity contribution in [2.45, 2.75) is 32.9 Å². The minimum Gasteiger partial charge on any atom is -0.377 e. The molecule has 0 atom stereocenters. The van der Waals surface area contributed by atoms with Crippen LogP contribution in [0.1, 0.15) is 26.3 Å². The average molecular weight is 452 g/mol. The third-order valence-electron chi connectivity index (χ3n) is 3.49. The molecule has 1 rings (SSSR count). The molecule has 7 heteroatoms. The number of rotatable bonds is 7. The highest BCUT2D eigenvalue weighted by Crippen LogP contribution is 2.18. The summed E-state index contributed by atoms with van der Waals surface area (Å²) < 4.78 is 19.4. The van der Waals surface area contributed by atoms with Gasteiger partial charge in [-0.15, -0.1) is 24.0 Å². The van der Waals surface area contributed by atoms with E-state index in [1.807, 2.05) is 40.9 Å². The Labute approximate surface area is 162 Å². The molecule has 0 amide bonds. The Hall–Kier alpha value is -1.09. The molecule has 1 aromatic carbocycles. The summed E-state index contributed by atoms with van der Waals surface area (Å²) in [6.07, 6.45) is 0. The van der Waals surface area contributed by atoms with Gasteiger partial charge in [-0.3, -0.25) is 0 Å². The highest BCUT2D eigenvalue weighted by atomic mass is 127. The Balaban J connectivity index is 0.00000529. The van der Waals surface area contributed by atoms with E-state index >= 15 is 0 Å². The molecule has 0 saturated carbocycles. The first-order chi connectivity index (χ1) is 10.8. The molecule has 2 N–H and O–H groups in total. The zero-order valence-corrected chi connectivity index (χ0v) is 17.8. The molecule has 138 valence electrons. The first-order valence-corrected chi connectivity index (χ1v) is 7.82. The van der Waals surface area contributed by atoms with E-state index in [0.717, 1.165) is 12.1 Å². The van der Waals surface area contributed by atoms with E-state index in [1.54, 1.807) is 18.1 Å². The molecule has 0 saturated heterocycles. The summed E-state index contributed by atoms with van der Waals surface area (Å²) in [5.74, 6) is 0.455. The number of guanidine groups is 1. The normalized spacial score (nSPS) is 11.7. The van der Waals surface area contributed by atoms with Crippen LogP contribution < -0.4 is 15.5 Å². The molecule has 24 heavy (non-hydrogen) atoms. The van der Waals surface area contributed by atoms with Crippen molar-refractivity contribution in [2.75, 3.05) is 39.2 Å². The van der Waals surface area contributed by atoms with Gasteiger partial charge >= 0.3 is 0 Å². The van der Waals surface area contributed by atoms with E-state index in [0.29, 0.717) is 24.7 Å². The van der Waals surface area contributed by atoms with Gasteiger partial charge in [0.1, 0.15) is 5.82 Å². The van der Waals surface area contributed by atoms with Crippen LogP contribution in [-0.2, 0) is 11.3 Å². The topological polar surface area (TPSA) is 48.9 Å². The predicted octanol–water partition coefficient (Wildman–Crippen LogP) is 2.99.